The van der Waals surface area contributed by atoms with Crippen LogP contribution in [0.1, 0.15) is 6.92 Å². The molecular weight excluding hydrogens is 276 g/mol. The normalized spacial score (nSPS) is 13.9. The first-order valence-electron chi connectivity index (χ1n) is 5.08. The summed E-state index contributed by atoms with van der Waals surface area (Å²) in [5.41, 5.74) is 0. The van der Waals surface area contributed by atoms with Crippen molar-refractivity contribution in [1.82, 2.24) is 9.80 Å². The van der Waals surface area contributed by atoms with E-state index in [0.717, 1.165) is 6.67 Å². The lowest BCUT2D eigenvalue weighted by Gasteiger charge is -2.16. The maximum absolute atomic E-state index is 11.3. The molecule has 0 unspecified atom stereocenters. The van der Waals surface area contributed by atoms with Crippen LogP contribution in [0.3, 0.4) is 0 Å². The smallest absolute Gasteiger partial charge is 0.325 e. The molecule has 1 aliphatic heterocycles. The molecule has 6 heteroatoms. The van der Waals surface area contributed by atoms with Crippen LogP contribution >= 0.6 is 17.0 Å². The quantitative estimate of drug-likeness (QED) is 0.536. The van der Waals surface area contributed by atoms with Gasteiger partial charge < -0.3 is 19.3 Å². The molecule has 0 saturated heterocycles. The topological polar surface area (TPSA) is 42.0 Å². The minimum atomic E-state index is -0.213. The molecule has 1 aliphatic rings. The van der Waals surface area contributed by atoms with Crippen LogP contribution in [0, 0.1) is 0 Å². The number of hydrogen-bond acceptors (Lipinski definition) is 5. The van der Waals surface area contributed by atoms with Crippen molar-refractivity contribution in [1.29, 1.82) is 0 Å². The monoisotopic (exact) mass is 294 g/mol. The van der Waals surface area contributed by atoms with E-state index in [0.29, 0.717) is 26.4 Å². The lowest BCUT2D eigenvalue weighted by atomic mass is 10.6. The van der Waals surface area contributed by atoms with Crippen molar-refractivity contribution in [3.8, 4) is 0 Å². The molecule has 1 rings (SSSR count). The Kier molecular flexibility index (Phi) is 8.01. The van der Waals surface area contributed by atoms with Crippen LogP contribution in [-0.2, 0) is 14.3 Å². The number of ether oxygens (including phenoxy) is 2. The van der Waals surface area contributed by atoms with E-state index in [2.05, 4.69) is 0 Å². The average Bonchev–Trinajstić information content (AvgIpc) is 2.59. The maximum Gasteiger partial charge on any atom is 0.325 e. The Morgan fingerprint density at radius 1 is 1.38 bits per heavy atom. The predicted molar refractivity (Wildman–Crippen MR) is 66.3 cm³/mol. The molecule has 0 fully saturated rings. The van der Waals surface area contributed by atoms with Crippen LogP contribution in [0.15, 0.2) is 12.4 Å². The van der Waals surface area contributed by atoms with E-state index >= 15 is 0 Å². The lowest BCUT2D eigenvalue weighted by Crippen LogP contribution is -2.29. The van der Waals surface area contributed by atoms with Crippen molar-refractivity contribution in [3.63, 3.8) is 0 Å². The zero-order valence-electron chi connectivity index (χ0n) is 9.72. The summed E-state index contributed by atoms with van der Waals surface area (Å²) in [6, 6.07) is 0. The molecule has 0 bridgehead atoms. The Hall–Kier alpha value is -0.750. The molecular formula is C10H19BrN2O3. The van der Waals surface area contributed by atoms with E-state index in [1.165, 1.54) is 0 Å². The van der Waals surface area contributed by atoms with E-state index in [9.17, 15) is 4.79 Å². The van der Waals surface area contributed by atoms with E-state index in [-0.39, 0.29) is 23.0 Å². The molecule has 0 spiro atoms. The predicted octanol–water partition coefficient (Wildman–Crippen LogP) is 0.820. The van der Waals surface area contributed by atoms with Gasteiger partial charge in [0.05, 0.1) is 13.3 Å². The molecule has 0 aromatic heterocycles. The summed E-state index contributed by atoms with van der Waals surface area (Å²) < 4.78 is 10.0. The molecule has 0 amide bonds. The van der Waals surface area contributed by atoms with Crippen LogP contribution in [0.4, 0.5) is 0 Å². The Balaban J connectivity index is 0.00000225. The highest BCUT2D eigenvalue weighted by atomic mass is 79.9. The highest BCUT2D eigenvalue weighted by Crippen LogP contribution is 2.02. The molecule has 94 valence electrons. The Bertz CT molecular complexity index is 236. The van der Waals surface area contributed by atoms with Crippen molar-refractivity contribution < 1.29 is 14.3 Å². The Morgan fingerprint density at radius 3 is 2.69 bits per heavy atom. The van der Waals surface area contributed by atoms with Gasteiger partial charge in [0.25, 0.3) is 0 Å². The number of halogens is 1. The molecule has 0 N–H and O–H groups in total. The minimum absolute atomic E-state index is 0. The molecule has 0 aliphatic carbocycles. The molecule has 0 atom stereocenters. The third-order valence-electron chi connectivity index (χ3n) is 1.96. The van der Waals surface area contributed by atoms with Gasteiger partial charge in [-0.3, -0.25) is 4.79 Å². The summed E-state index contributed by atoms with van der Waals surface area (Å²) in [4.78, 5) is 15.2. The second-order valence-electron chi connectivity index (χ2n) is 3.36. The van der Waals surface area contributed by atoms with Crippen LogP contribution in [0.25, 0.3) is 0 Å². The number of nitrogens with zero attached hydrogens (tertiary/aromatic N) is 2. The van der Waals surface area contributed by atoms with Gasteiger partial charge in [0.2, 0.25) is 0 Å². The highest BCUT2D eigenvalue weighted by molar-refractivity contribution is 8.93. The second kappa shape index (κ2) is 8.41. The first kappa shape index (κ1) is 15.2. The number of esters is 1. The van der Waals surface area contributed by atoms with Gasteiger partial charge in [-0.15, -0.1) is 17.0 Å². The third-order valence-corrected chi connectivity index (χ3v) is 1.96. The first-order chi connectivity index (χ1) is 7.22. The molecule has 5 nitrogen and oxygen atoms in total. The minimum Gasteiger partial charge on any atom is -0.462 e. The van der Waals surface area contributed by atoms with Crippen LogP contribution in [0.5, 0.6) is 0 Å². The second-order valence-corrected chi connectivity index (χ2v) is 3.36. The van der Waals surface area contributed by atoms with Crippen molar-refractivity contribution in [2.45, 2.75) is 6.92 Å². The van der Waals surface area contributed by atoms with E-state index in [1.807, 2.05) is 36.2 Å². The number of rotatable bonds is 6. The van der Waals surface area contributed by atoms with Crippen molar-refractivity contribution >= 4 is 23.0 Å². The average molecular weight is 295 g/mol. The fraction of sp³-hybridized carbons (Fsp3) is 0.700. The maximum atomic E-state index is 11.3. The van der Waals surface area contributed by atoms with Gasteiger partial charge in [-0.05, 0) is 6.92 Å². The van der Waals surface area contributed by atoms with Gasteiger partial charge in [-0.25, -0.2) is 0 Å². The van der Waals surface area contributed by atoms with Crippen LogP contribution < -0.4 is 0 Å². The van der Waals surface area contributed by atoms with Gasteiger partial charge in [-0.1, -0.05) is 0 Å². The van der Waals surface area contributed by atoms with Crippen LogP contribution in [0.2, 0.25) is 0 Å². The standard InChI is InChI=1S/C10H18N2O3.BrH/c1-3-14-6-7-15-10(13)8-12-5-4-11(2)9-12;/h4-5H,3,6-9H2,1-2H3;1H. The first-order valence-corrected chi connectivity index (χ1v) is 5.08. The van der Waals surface area contributed by atoms with Gasteiger partial charge in [-0.2, -0.15) is 0 Å². The SMILES string of the molecule is Br.CCOCCOC(=O)CN1C=CN(C)C1. The van der Waals surface area contributed by atoms with Crippen LogP contribution in [-0.4, -0.2) is 55.9 Å². The zero-order chi connectivity index (χ0) is 11.1. The van der Waals surface area contributed by atoms with Gasteiger partial charge >= 0.3 is 5.97 Å². The highest BCUT2D eigenvalue weighted by Gasteiger charge is 2.12. The third kappa shape index (κ3) is 5.97. The van der Waals surface area contributed by atoms with Gasteiger partial charge in [0, 0.05) is 26.1 Å². The van der Waals surface area contributed by atoms with Gasteiger partial charge in [0.1, 0.15) is 13.2 Å². The zero-order valence-corrected chi connectivity index (χ0v) is 11.4. The molecule has 16 heavy (non-hydrogen) atoms. The molecule has 1 heterocycles. The summed E-state index contributed by atoms with van der Waals surface area (Å²) in [7, 11) is 1.96. The summed E-state index contributed by atoms with van der Waals surface area (Å²) in [6.07, 6.45) is 3.80. The molecule has 0 aromatic carbocycles. The van der Waals surface area contributed by atoms with Gasteiger partial charge in [0.15, 0.2) is 0 Å². The molecule has 0 aromatic rings. The Morgan fingerprint density at radius 2 is 2.12 bits per heavy atom. The molecule has 0 radical (unpaired) electrons. The van der Waals surface area contributed by atoms with E-state index in [1.54, 1.807) is 0 Å². The lowest BCUT2D eigenvalue weighted by molar-refractivity contribution is -0.145. The fourth-order valence-corrected chi connectivity index (χ4v) is 1.26. The fourth-order valence-electron chi connectivity index (χ4n) is 1.26. The summed E-state index contributed by atoms with van der Waals surface area (Å²) >= 11 is 0. The Labute approximate surface area is 107 Å². The van der Waals surface area contributed by atoms with Crippen molar-refractivity contribution in [2.24, 2.45) is 0 Å². The largest absolute Gasteiger partial charge is 0.462 e. The summed E-state index contributed by atoms with van der Waals surface area (Å²) in [6.45, 7) is 4.40. The molecule has 0 saturated carbocycles. The van der Waals surface area contributed by atoms with E-state index < -0.39 is 0 Å². The summed E-state index contributed by atoms with van der Waals surface area (Å²) in [5, 5.41) is 0. The van der Waals surface area contributed by atoms with Crippen molar-refractivity contribution in [3.05, 3.63) is 12.4 Å². The van der Waals surface area contributed by atoms with E-state index in [4.69, 9.17) is 9.47 Å². The number of hydrogen-bond donors (Lipinski definition) is 0. The number of carbonyl (C=O) groups is 1. The number of carbonyl (C=O) groups excluding carboxylic acids is 1. The summed E-state index contributed by atoms with van der Waals surface area (Å²) in [5.74, 6) is -0.213. The van der Waals surface area contributed by atoms with Crippen molar-refractivity contribution in [2.75, 3.05) is 40.1 Å².